The van der Waals surface area contributed by atoms with Gasteiger partial charge in [-0.25, -0.2) is 22.4 Å². The first-order valence-corrected chi connectivity index (χ1v) is 7.96. The molecule has 0 bridgehead atoms. The van der Waals surface area contributed by atoms with Crippen molar-refractivity contribution in [1.82, 2.24) is 0 Å². The molecule has 26 heavy (non-hydrogen) atoms. The zero-order valence-corrected chi connectivity index (χ0v) is 14.6. The van der Waals surface area contributed by atoms with E-state index in [2.05, 4.69) is 15.9 Å². The lowest BCUT2D eigenvalue weighted by atomic mass is 10.0. The Morgan fingerprint density at radius 2 is 1.27 bits per heavy atom. The summed E-state index contributed by atoms with van der Waals surface area (Å²) in [6.45, 7) is 0. The first-order chi connectivity index (χ1) is 12.3. The SMILES string of the molecule is Fc1cc(F)cc(Br)c1.O=C(O)c1c(F)cc(-c2ccccc2)cc1F. The quantitative estimate of drug-likeness (QED) is 0.505. The molecule has 2 nitrogen and oxygen atoms in total. The van der Waals surface area contributed by atoms with Crippen molar-refractivity contribution in [1.29, 1.82) is 0 Å². The predicted molar refractivity (Wildman–Crippen MR) is 92.8 cm³/mol. The van der Waals surface area contributed by atoms with Crippen LogP contribution >= 0.6 is 15.9 Å². The summed E-state index contributed by atoms with van der Waals surface area (Å²) in [6.07, 6.45) is 0. The smallest absolute Gasteiger partial charge is 0.341 e. The van der Waals surface area contributed by atoms with Crippen LogP contribution in [0.3, 0.4) is 0 Å². The van der Waals surface area contributed by atoms with Crippen molar-refractivity contribution in [3.8, 4) is 11.1 Å². The lowest BCUT2D eigenvalue weighted by Gasteiger charge is -2.05. The van der Waals surface area contributed by atoms with E-state index in [4.69, 9.17) is 5.11 Å². The van der Waals surface area contributed by atoms with E-state index in [0.717, 1.165) is 18.2 Å². The Hall–Kier alpha value is -2.67. The summed E-state index contributed by atoms with van der Waals surface area (Å²) in [6, 6.07) is 13.9. The van der Waals surface area contributed by atoms with Crippen LogP contribution < -0.4 is 0 Å². The van der Waals surface area contributed by atoms with Gasteiger partial charge in [-0.15, -0.1) is 0 Å². The highest BCUT2D eigenvalue weighted by Gasteiger charge is 2.17. The van der Waals surface area contributed by atoms with E-state index >= 15 is 0 Å². The van der Waals surface area contributed by atoms with Crippen molar-refractivity contribution < 1.29 is 27.5 Å². The van der Waals surface area contributed by atoms with Gasteiger partial charge in [-0.1, -0.05) is 46.3 Å². The van der Waals surface area contributed by atoms with Crippen LogP contribution in [0.5, 0.6) is 0 Å². The van der Waals surface area contributed by atoms with Gasteiger partial charge in [-0.05, 0) is 35.4 Å². The van der Waals surface area contributed by atoms with Gasteiger partial charge in [-0.2, -0.15) is 0 Å². The fourth-order valence-corrected chi connectivity index (χ4v) is 2.53. The van der Waals surface area contributed by atoms with Crippen LogP contribution in [0.4, 0.5) is 17.6 Å². The fourth-order valence-electron chi connectivity index (χ4n) is 2.09. The van der Waals surface area contributed by atoms with Crippen molar-refractivity contribution in [2.45, 2.75) is 0 Å². The normalized spacial score (nSPS) is 10.0. The van der Waals surface area contributed by atoms with E-state index in [1.165, 1.54) is 12.1 Å². The molecule has 0 aliphatic heterocycles. The highest BCUT2D eigenvalue weighted by molar-refractivity contribution is 9.10. The van der Waals surface area contributed by atoms with Crippen molar-refractivity contribution in [3.05, 3.63) is 94.0 Å². The summed E-state index contributed by atoms with van der Waals surface area (Å²) in [7, 11) is 0. The maximum absolute atomic E-state index is 13.4. The first-order valence-electron chi connectivity index (χ1n) is 7.17. The van der Waals surface area contributed by atoms with Crippen molar-refractivity contribution >= 4 is 21.9 Å². The van der Waals surface area contributed by atoms with Crippen LogP contribution in [0.1, 0.15) is 10.4 Å². The molecule has 0 amide bonds. The second-order valence-electron chi connectivity index (χ2n) is 5.07. The van der Waals surface area contributed by atoms with Gasteiger partial charge in [0.25, 0.3) is 0 Å². The Labute approximate surface area is 154 Å². The van der Waals surface area contributed by atoms with Crippen LogP contribution in [0.25, 0.3) is 11.1 Å². The predicted octanol–water partition coefficient (Wildman–Crippen LogP) is 6.06. The molecule has 0 atom stereocenters. The second kappa shape index (κ2) is 8.62. The monoisotopic (exact) mass is 426 g/mol. The molecule has 7 heteroatoms. The van der Waals surface area contributed by atoms with Gasteiger partial charge in [0.15, 0.2) is 0 Å². The molecule has 0 saturated carbocycles. The highest BCUT2D eigenvalue weighted by atomic mass is 79.9. The molecule has 0 aromatic heterocycles. The lowest BCUT2D eigenvalue weighted by molar-refractivity contribution is 0.0686. The maximum atomic E-state index is 13.4. The summed E-state index contributed by atoms with van der Waals surface area (Å²) < 4.78 is 51.6. The van der Waals surface area contributed by atoms with Gasteiger partial charge in [0.05, 0.1) is 0 Å². The van der Waals surface area contributed by atoms with Crippen LogP contribution in [-0.4, -0.2) is 11.1 Å². The number of carbonyl (C=O) groups is 1. The van der Waals surface area contributed by atoms with E-state index in [0.29, 0.717) is 15.6 Å². The minimum Gasteiger partial charge on any atom is -0.477 e. The minimum atomic E-state index is -1.61. The summed E-state index contributed by atoms with van der Waals surface area (Å²) in [5, 5.41) is 8.63. The topological polar surface area (TPSA) is 37.3 Å². The number of benzene rings is 3. The Balaban J connectivity index is 0.000000228. The molecule has 0 unspecified atom stereocenters. The summed E-state index contributed by atoms with van der Waals surface area (Å²) >= 11 is 2.93. The first kappa shape index (κ1) is 19.7. The Morgan fingerprint density at radius 1 is 0.769 bits per heavy atom. The van der Waals surface area contributed by atoms with Crippen LogP contribution in [0.2, 0.25) is 0 Å². The third-order valence-electron chi connectivity index (χ3n) is 3.19. The van der Waals surface area contributed by atoms with Gasteiger partial charge in [0, 0.05) is 10.5 Å². The Morgan fingerprint density at radius 3 is 1.69 bits per heavy atom. The second-order valence-corrected chi connectivity index (χ2v) is 5.99. The molecule has 0 aliphatic carbocycles. The molecular weight excluding hydrogens is 416 g/mol. The number of hydrogen-bond acceptors (Lipinski definition) is 1. The average Bonchev–Trinajstić information content (AvgIpc) is 2.54. The van der Waals surface area contributed by atoms with Crippen molar-refractivity contribution in [3.63, 3.8) is 0 Å². The third kappa shape index (κ3) is 5.16. The summed E-state index contributed by atoms with van der Waals surface area (Å²) in [4.78, 5) is 10.6. The van der Waals surface area contributed by atoms with Crippen LogP contribution in [0, 0.1) is 23.3 Å². The largest absolute Gasteiger partial charge is 0.477 e. The third-order valence-corrected chi connectivity index (χ3v) is 3.65. The number of halogens is 5. The van der Waals surface area contributed by atoms with Crippen molar-refractivity contribution in [2.24, 2.45) is 0 Å². The Kier molecular flexibility index (Phi) is 6.52. The Bertz CT molecular complexity index is 857. The summed E-state index contributed by atoms with van der Waals surface area (Å²) in [5.74, 6) is -4.89. The minimum absolute atomic E-state index is 0.311. The van der Waals surface area contributed by atoms with Gasteiger partial charge >= 0.3 is 5.97 Å². The van der Waals surface area contributed by atoms with Crippen LogP contribution in [-0.2, 0) is 0 Å². The molecule has 0 radical (unpaired) electrons. The average molecular weight is 427 g/mol. The standard InChI is InChI=1S/C13H8F2O2.C6H3BrF2/c14-10-6-9(8-4-2-1-3-5-8)7-11(15)12(10)13(16)17;7-4-1-5(8)3-6(9)2-4/h1-7H,(H,16,17);1-3H. The number of hydrogen-bond donors (Lipinski definition) is 1. The fraction of sp³-hybridized carbons (Fsp3) is 0. The number of carboxylic acid groups (broad SMARTS) is 1. The molecule has 0 saturated heterocycles. The molecular formula is C19H11BrF4O2. The van der Waals surface area contributed by atoms with E-state index in [-0.39, 0.29) is 0 Å². The molecule has 3 aromatic rings. The molecule has 0 heterocycles. The van der Waals surface area contributed by atoms with E-state index in [1.807, 2.05) is 0 Å². The van der Waals surface area contributed by atoms with Gasteiger partial charge in [0.2, 0.25) is 0 Å². The summed E-state index contributed by atoms with van der Waals surface area (Å²) in [5.41, 5.74) is 0.0116. The highest BCUT2D eigenvalue weighted by Crippen LogP contribution is 2.24. The van der Waals surface area contributed by atoms with E-state index in [1.54, 1.807) is 30.3 Å². The molecule has 134 valence electrons. The number of carboxylic acids is 1. The van der Waals surface area contributed by atoms with E-state index in [9.17, 15) is 22.4 Å². The lowest BCUT2D eigenvalue weighted by Crippen LogP contribution is -2.04. The zero-order valence-electron chi connectivity index (χ0n) is 13.0. The molecule has 3 aromatic carbocycles. The molecule has 0 fully saturated rings. The molecule has 3 rings (SSSR count). The van der Waals surface area contributed by atoms with Gasteiger partial charge in [0.1, 0.15) is 28.8 Å². The number of aromatic carboxylic acids is 1. The van der Waals surface area contributed by atoms with Gasteiger partial charge < -0.3 is 5.11 Å². The van der Waals surface area contributed by atoms with Gasteiger partial charge in [-0.3, -0.25) is 0 Å². The van der Waals surface area contributed by atoms with Crippen LogP contribution in [0.15, 0.2) is 65.1 Å². The molecule has 0 spiro atoms. The van der Waals surface area contributed by atoms with Crippen molar-refractivity contribution in [2.75, 3.05) is 0 Å². The molecule has 0 aliphatic rings. The zero-order chi connectivity index (χ0) is 19.3. The number of rotatable bonds is 2. The molecule has 1 N–H and O–H groups in total. The maximum Gasteiger partial charge on any atom is 0.341 e. The van der Waals surface area contributed by atoms with E-state index < -0.39 is 34.8 Å².